The number of esters is 1. The minimum Gasteiger partial charge on any atom is -0.460 e. The fourth-order valence-electron chi connectivity index (χ4n) is 0.791. The summed E-state index contributed by atoms with van der Waals surface area (Å²) in [6.45, 7) is 9.24. The summed E-state index contributed by atoms with van der Waals surface area (Å²) >= 11 is 0. The zero-order chi connectivity index (χ0) is 11.9. The molecule has 0 saturated carbocycles. The van der Waals surface area contributed by atoms with Crippen LogP contribution < -0.4 is 5.32 Å². The Morgan fingerprint density at radius 1 is 1.47 bits per heavy atom. The summed E-state index contributed by atoms with van der Waals surface area (Å²) in [5.41, 5.74) is -0.431. The van der Waals surface area contributed by atoms with E-state index in [1.165, 1.54) is 6.08 Å². The van der Waals surface area contributed by atoms with Crippen molar-refractivity contribution in [3.05, 3.63) is 12.7 Å². The molecule has 1 amide bonds. The molecular formula is C11H19NO3. The fraction of sp³-hybridized carbons (Fsp3) is 0.636. The van der Waals surface area contributed by atoms with Gasteiger partial charge in [0.25, 0.3) is 0 Å². The van der Waals surface area contributed by atoms with Crippen LogP contribution in [-0.2, 0) is 14.3 Å². The van der Waals surface area contributed by atoms with E-state index in [1.807, 2.05) is 20.8 Å². The van der Waals surface area contributed by atoms with E-state index in [-0.39, 0.29) is 24.8 Å². The second-order valence-corrected chi connectivity index (χ2v) is 3.83. The summed E-state index contributed by atoms with van der Waals surface area (Å²) in [5, 5.41) is 2.51. The molecule has 0 aliphatic rings. The Labute approximate surface area is 90.7 Å². The molecule has 0 radical (unpaired) electrons. The van der Waals surface area contributed by atoms with Gasteiger partial charge in [0.15, 0.2) is 0 Å². The van der Waals surface area contributed by atoms with Gasteiger partial charge in [-0.3, -0.25) is 9.59 Å². The van der Waals surface area contributed by atoms with Gasteiger partial charge >= 0.3 is 5.97 Å². The minimum atomic E-state index is -0.431. The lowest BCUT2D eigenvalue weighted by Crippen LogP contribution is -2.30. The van der Waals surface area contributed by atoms with E-state index in [0.717, 1.165) is 6.42 Å². The van der Waals surface area contributed by atoms with Crippen molar-refractivity contribution in [2.75, 3.05) is 6.54 Å². The molecule has 86 valence electrons. The highest BCUT2D eigenvalue weighted by Gasteiger charge is 2.19. The molecule has 0 unspecified atom stereocenters. The van der Waals surface area contributed by atoms with Crippen molar-refractivity contribution < 1.29 is 14.3 Å². The van der Waals surface area contributed by atoms with Crippen LogP contribution in [0.3, 0.4) is 0 Å². The van der Waals surface area contributed by atoms with Crippen LogP contribution in [0.2, 0.25) is 0 Å². The minimum absolute atomic E-state index is 0.184. The molecule has 0 saturated heterocycles. The molecule has 0 rings (SSSR count). The van der Waals surface area contributed by atoms with Gasteiger partial charge in [0.2, 0.25) is 5.91 Å². The summed E-state index contributed by atoms with van der Waals surface area (Å²) in [4.78, 5) is 22.0. The number of nitrogens with one attached hydrogen (secondary N) is 1. The Balaban J connectivity index is 3.76. The molecule has 0 aromatic heterocycles. The molecule has 0 aromatic carbocycles. The summed E-state index contributed by atoms with van der Waals surface area (Å²) < 4.78 is 5.19. The van der Waals surface area contributed by atoms with Crippen molar-refractivity contribution in [1.29, 1.82) is 0 Å². The lowest BCUT2D eigenvalue weighted by Gasteiger charge is -2.23. The molecule has 0 heterocycles. The molecule has 4 nitrogen and oxygen atoms in total. The molecule has 15 heavy (non-hydrogen) atoms. The van der Waals surface area contributed by atoms with E-state index < -0.39 is 5.60 Å². The van der Waals surface area contributed by atoms with Gasteiger partial charge in [-0.05, 0) is 26.3 Å². The van der Waals surface area contributed by atoms with E-state index in [1.54, 1.807) is 0 Å². The second kappa shape index (κ2) is 6.22. The van der Waals surface area contributed by atoms with Crippen molar-refractivity contribution in [1.82, 2.24) is 5.32 Å². The standard InChI is InChI=1S/C11H19NO3/c1-5-9(13)12-8-7-10(14)15-11(3,4)6-2/h5H,1,6-8H2,2-4H3,(H,12,13). The maximum absolute atomic E-state index is 11.3. The van der Waals surface area contributed by atoms with Crippen molar-refractivity contribution in [3.63, 3.8) is 0 Å². The van der Waals surface area contributed by atoms with E-state index in [9.17, 15) is 9.59 Å². The molecule has 1 N–H and O–H groups in total. The SMILES string of the molecule is C=CC(=O)NCCC(=O)OC(C)(C)CC. The molecular weight excluding hydrogens is 194 g/mol. The molecule has 0 atom stereocenters. The van der Waals surface area contributed by atoms with Gasteiger partial charge in [0.1, 0.15) is 5.60 Å². The van der Waals surface area contributed by atoms with Crippen LogP contribution in [0.25, 0.3) is 0 Å². The van der Waals surface area contributed by atoms with Gasteiger partial charge in [-0.2, -0.15) is 0 Å². The summed E-state index contributed by atoms with van der Waals surface area (Å²) in [6.07, 6.45) is 2.11. The van der Waals surface area contributed by atoms with Crippen LogP contribution in [-0.4, -0.2) is 24.0 Å². The molecule has 0 bridgehead atoms. The molecule has 0 aliphatic heterocycles. The van der Waals surface area contributed by atoms with Crippen LogP contribution in [0.1, 0.15) is 33.6 Å². The number of hydrogen-bond acceptors (Lipinski definition) is 3. The van der Waals surface area contributed by atoms with E-state index >= 15 is 0 Å². The van der Waals surface area contributed by atoms with Gasteiger partial charge in [-0.25, -0.2) is 0 Å². The zero-order valence-corrected chi connectivity index (χ0v) is 9.63. The number of hydrogen-bond donors (Lipinski definition) is 1. The van der Waals surface area contributed by atoms with Crippen molar-refractivity contribution >= 4 is 11.9 Å². The monoisotopic (exact) mass is 213 g/mol. The van der Waals surface area contributed by atoms with Gasteiger partial charge in [-0.15, -0.1) is 0 Å². The third-order valence-corrected chi connectivity index (χ3v) is 2.06. The molecule has 0 aliphatic carbocycles. The number of amides is 1. The van der Waals surface area contributed by atoms with Crippen molar-refractivity contribution in [2.24, 2.45) is 0 Å². The van der Waals surface area contributed by atoms with Crippen LogP contribution in [0.4, 0.5) is 0 Å². The van der Waals surface area contributed by atoms with E-state index in [4.69, 9.17) is 4.74 Å². The quantitative estimate of drug-likeness (QED) is 0.536. The summed E-state index contributed by atoms with van der Waals surface area (Å²) in [7, 11) is 0. The highest BCUT2D eigenvalue weighted by Crippen LogP contribution is 2.13. The van der Waals surface area contributed by atoms with Crippen LogP contribution in [0, 0.1) is 0 Å². The van der Waals surface area contributed by atoms with Crippen molar-refractivity contribution in [3.8, 4) is 0 Å². The molecule has 0 spiro atoms. The van der Waals surface area contributed by atoms with Gasteiger partial charge in [0.05, 0.1) is 6.42 Å². The van der Waals surface area contributed by atoms with Crippen LogP contribution >= 0.6 is 0 Å². The Bertz CT molecular complexity index is 246. The topological polar surface area (TPSA) is 55.4 Å². The summed E-state index contributed by atoms with van der Waals surface area (Å²) in [6, 6.07) is 0. The first-order valence-electron chi connectivity index (χ1n) is 5.03. The molecule has 4 heteroatoms. The Kier molecular flexibility index (Phi) is 5.67. The highest BCUT2D eigenvalue weighted by atomic mass is 16.6. The average Bonchev–Trinajstić information content (AvgIpc) is 2.16. The summed E-state index contributed by atoms with van der Waals surface area (Å²) in [5.74, 6) is -0.580. The molecule has 0 fully saturated rings. The average molecular weight is 213 g/mol. The van der Waals surface area contributed by atoms with Gasteiger partial charge in [-0.1, -0.05) is 13.5 Å². The lowest BCUT2D eigenvalue weighted by molar-refractivity contribution is -0.156. The Morgan fingerprint density at radius 3 is 2.53 bits per heavy atom. The normalized spacial score (nSPS) is 10.6. The first-order chi connectivity index (χ1) is 6.91. The highest BCUT2D eigenvalue weighted by molar-refractivity contribution is 5.87. The number of carbonyl (C=O) groups excluding carboxylic acids is 2. The molecule has 0 aromatic rings. The van der Waals surface area contributed by atoms with E-state index in [2.05, 4.69) is 11.9 Å². The van der Waals surface area contributed by atoms with Crippen LogP contribution in [0.5, 0.6) is 0 Å². The first kappa shape index (κ1) is 13.7. The van der Waals surface area contributed by atoms with Gasteiger partial charge in [0, 0.05) is 6.54 Å². The Hall–Kier alpha value is -1.32. The number of ether oxygens (including phenoxy) is 1. The fourth-order valence-corrected chi connectivity index (χ4v) is 0.791. The largest absolute Gasteiger partial charge is 0.460 e. The Morgan fingerprint density at radius 2 is 2.07 bits per heavy atom. The van der Waals surface area contributed by atoms with E-state index in [0.29, 0.717) is 0 Å². The maximum Gasteiger partial charge on any atom is 0.308 e. The smallest absolute Gasteiger partial charge is 0.308 e. The zero-order valence-electron chi connectivity index (χ0n) is 9.63. The predicted octanol–water partition coefficient (Wildman–Crippen LogP) is 1.41. The van der Waals surface area contributed by atoms with Gasteiger partial charge < -0.3 is 10.1 Å². The van der Waals surface area contributed by atoms with Crippen LogP contribution in [0.15, 0.2) is 12.7 Å². The maximum atomic E-state index is 11.3. The first-order valence-corrected chi connectivity index (χ1v) is 5.03. The third kappa shape index (κ3) is 6.71. The second-order valence-electron chi connectivity index (χ2n) is 3.83. The predicted molar refractivity (Wildman–Crippen MR) is 58.3 cm³/mol. The number of carbonyl (C=O) groups is 2. The van der Waals surface area contributed by atoms with Crippen molar-refractivity contribution in [2.45, 2.75) is 39.2 Å². The number of rotatable bonds is 6. The lowest BCUT2D eigenvalue weighted by atomic mass is 10.1. The third-order valence-electron chi connectivity index (χ3n) is 2.06.